The fourth-order valence-corrected chi connectivity index (χ4v) is 4.12. The monoisotopic (exact) mass is 448 g/mol. The number of nitrogens with one attached hydrogen (secondary N) is 4. The molecule has 1 saturated carbocycles. The summed E-state index contributed by atoms with van der Waals surface area (Å²) in [5, 5.41) is 2.54. The number of carbonyl (C=O) groups is 2. The van der Waals surface area contributed by atoms with Crippen molar-refractivity contribution in [1.29, 1.82) is 0 Å². The van der Waals surface area contributed by atoms with Gasteiger partial charge in [-0.05, 0) is 55.2 Å². The van der Waals surface area contributed by atoms with Crippen LogP contribution in [0.3, 0.4) is 0 Å². The van der Waals surface area contributed by atoms with Gasteiger partial charge in [-0.3, -0.25) is 20.4 Å². The van der Waals surface area contributed by atoms with Gasteiger partial charge in [0.15, 0.2) is 0 Å². The van der Waals surface area contributed by atoms with Crippen LogP contribution in [0.4, 0.5) is 10.1 Å². The number of benzene rings is 2. The second-order valence-electron chi connectivity index (χ2n) is 7.71. The molecule has 8 nitrogen and oxygen atoms in total. The van der Waals surface area contributed by atoms with Gasteiger partial charge in [0.05, 0.1) is 16.1 Å². The van der Waals surface area contributed by atoms with E-state index in [1.54, 1.807) is 13.8 Å². The van der Waals surface area contributed by atoms with E-state index in [2.05, 4.69) is 20.9 Å². The molecule has 1 unspecified atom stereocenters. The molecule has 0 aliphatic heterocycles. The minimum atomic E-state index is -3.56. The van der Waals surface area contributed by atoms with Gasteiger partial charge in [0.2, 0.25) is 10.0 Å². The van der Waals surface area contributed by atoms with E-state index in [4.69, 9.17) is 0 Å². The van der Waals surface area contributed by atoms with E-state index in [1.807, 2.05) is 0 Å². The summed E-state index contributed by atoms with van der Waals surface area (Å²) in [7, 11) is -3.56. The van der Waals surface area contributed by atoms with Crippen molar-refractivity contribution in [3.05, 3.63) is 59.9 Å². The van der Waals surface area contributed by atoms with Crippen LogP contribution in [0.5, 0.6) is 0 Å². The molecule has 0 spiro atoms. The van der Waals surface area contributed by atoms with Crippen LogP contribution in [-0.4, -0.2) is 32.3 Å². The zero-order valence-corrected chi connectivity index (χ0v) is 18.0. The number of hydrogen-bond donors (Lipinski definition) is 4. The SMILES string of the molecule is CC(C)C(NC(=O)c1ccccc1F)C(=O)NNc1ccc(S(=O)(=O)NC2CC2)cc1. The van der Waals surface area contributed by atoms with Gasteiger partial charge in [-0.15, -0.1) is 0 Å². The molecule has 0 saturated heterocycles. The predicted octanol–water partition coefficient (Wildman–Crippen LogP) is 2.16. The molecule has 0 aromatic heterocycles. The Labute approximate surface area is 180 Å². The molecule has 4 N–H and O–H groups in total. The van der Waals surface area contributed by atoms with Crippen LogP contribution in [0.25, 0.3) is 0 Å². The first kappa shape index (κ1) is 22.7. The Kier molecular flexibility index (Phi) is 6.91. The summed E-state index contributed by atoms with van der Waals surface area (Å²) in [6, 6.07) is 10.5. The first-order valence-corrected chi connectivity index (χ1v) is 11.4. The Morgan fingerprint density at radius 3 is 2.26 bits per heavy atom. The van der Waals surface area contributed by atoms with Crippen molar-refractivity contribution in [2.24, 2.45) is 5.92 Å². The predicted molar refractivity (Wildman–Crippen MR) is 114 cm³/mol. The summed E-state index contributed by atoms with van der Waals surface area (Å²) in [6.07, 6.45) is 1.69. The zero-order chi connectivity index (χ0) is 22.6. The first-order valence-electron chi connectivity index (χ1n) is 9.91. The Morgan fingerprint density at radius 2 is 1.68 bits per heavy atom. The first-order chi connectivity index (χ1) is 14.7. The summed E-state index contributed by atoms with van der Waals surface area (Å²) in [6.45, 7) is 3.50. The van der Waals surface area contributed by atoms with Crippen LogP contribution in [-0.2, 0) is 14.8 Å². The number of anilines is 1. The molecule has 0 bridgehead atoms. The molecule has 0 heterocycles. The van der Waals surface area contributed by atoms with Gasteiger partial charge in [0.25, 0.3) is 11.8 Å². The number of halogens is 1. The lowest BCUT2D eigenvalue weighted by molar-refractivity contribution is -0.123. The number of amides is 2. The van der Waals surface area contributed by atoms with Crippen LogP contribution in [0.2, 0.25) is 0 Å². The summed E-state index contributed by atoms with van der Waals surface area (Å²) < 4.78 is 40.8. The second kappa shape index (κ2) is 9.44. The van der Waals surface area contributed by atoms with Crippen molar-refractivity contribution >= 4 is 27.5 Å². The molecular weight excluding hydrogens is 423 g/mol. The van der Waals surface area contributed by atoms with Gasteiger partial charge in [-0.2, -0.15) is 0 Å². The minimum Gasteiger partial charge on any atom is -0.340 e. The van der Waals surface area contributed by atoms with Crippen LogP contribution in [0.15, 0.2) is 53.4 Å². The lowest BCUT2D eigenvalue weighted by Crippen LogP contribution is -2.51. The topological polar surface area (TPSA) is 116 Å². The molecule has 0 radical (unpaired) electrons. The highest BCUT2D eigenvalue weighted by molar-refractivity contribution is 7.89. The lowest BCUT2D eigenvalue weighted by atomic mass is 10.0. The third-order valence-electron chi connectivity index (χ3n) is 4.75. The van der Waals surface area contributed by atoms with E-state index in [-0.39, 0.29) is 22.4 Å². The van der Waals surface area contributed by atoms with E-state index in [0.29, 0.717) is 5.69 Å². The van der Waals surface area contributed by atoms with Gasteiger partial charge in [0, 0.05) is 6.04 Å². The maximum atomic E-state index is 13.8. The Bertz CT molecular complexity index is 1050. The maximum absolute atomic E-state index is 13.8. The highest BCUT2D eigenvalue weighted by Crippen LogP contribution is 2.22. The fourth-order valence-electron chi connectivity index (χ4n) is 2.82. The number of hydrazine groups is 1. The largest absolute Gasteiger partial charge is 0.340 e. The number of rotatable bonds is 9. The van der Waals surface area contributed by atoms with Gasteiger partial charge in [-0.25, -0.2) is 17.5 Å². The third kappa shape index (κ3) is 6.02. The van der Waals surface area contributed by atoms with Crippen LogP contribution >= 0.6 is 0 Å². The zero-order valence-electron chi connectivity index (χ0n) is 17.2. The summed E-state index contributed by atoms with van der Waals surface area (Å²) in [5.74, 6) is -2.15. The van der Waals surface area contributed by atoms with Gasteiger partial charge < -0.3 is 5.32 Å². The van der Waals surface area contributed by atoms with Crippen molar-refractivity contribution in [1.82, 2.24) is 15.5 Å². The number of hydrogen-bond acceptors (Lipinski definition) is 5. The van der Waals surface area contributed by atoms with E-state index in [1.165, 1.54) is 48.5 Å². The standard InChI is InChI=1S/C21H25FN4O4S/c1-13(2)19(23-20(27)17-5-3-4-6-18(17)22)21(28)25-24-14-9-11-16(12-10-14)31(29,30)26-15-7-8-15/h3-6,9-13,15,19,24,26H,7-8H2,1-2H3,(H,23,27)(H,25,28). The highest BCUT2D eigenvalue weighted by Gasteiger charge is 2.28. The van der Waals surface area contributed by atoms with Crippen molar-refractivity contribution in [2.45, 2.75) is 43.7 Å². The summed E-state index contributed by atoms with van der Waals surface area (Å²) >= 11 is 0. The van der Waals surface area contributed by atoms with E-state index < -0.39 is 33.7 Å². The Hall–Kier alpha value is -2.98. The molecule has 2 amide bonds. The molecular formula is C21H25FN4O4S. The normalized spacial score (nSPS) is 14.7. The number of sulfonamides is 1. The average molecular weight is 449 g/mol. The molecule has 1 aliphatic rings. The van der Waals surface area contributed by atoms with Crippen molar-refractivity contribution in [2.75, 3.05) is 5.43 Å². The Balaban J connectivity index is 1.59. The van der Waals surface area contributed by atoms with Gasteiger partial charge in [0.1, 0.15) is 11.9 Å². The van der Waals surface area contributed by atoms with Gasteiger partial charge in [-0.1, -0.05) is 26.0 Å². The van der Waals surface area contributed by atoms with Crippen LogP contribution < -0.4 is 20.9 Å². The van der Waals surface area contributed by atoms with Crippen molar-refractivity contribution in [3.63, 3.8) is 0 Å². The quantitative estimate of drug-likeness (QED) is 0.439. The molecule has 1 aliphatic carbocycles. The van der Waals surface area contributed by atoms with Crippen LogP contribution in [0, 0.1) is 11.7 Å². The van der Waals surface area contributed by atoms with E-state index in [0.717, 1.165) is 12.8 Å². The third-order valence-corrected chi connectivity index (χ3v) is 6.28. The van der Waals surface area contributed by atoms with E-state index >= 15 is 0 Å². The summed E-state index contributed by atoms with van der Waals surface area (Å²) in [4.78, 5) is 25.1. The van der Waals surface area contributed by atoms with Crippen molar-refractivity contribution in [3.8, 4) is 0 Å². The molecule has 2 aromatic rings. The summed E-state index contributed by atoms with van der Waals surface area (Å²) in [5.41, 5.74) is 5.50. The molecule has 1 atom stereocenters. The molecule has 31 heavy (non-hydrogen) atoms. The van der Waals surface area contributed by atoms with Crippen LogP contribution in [0.1, 0.15) is 37.0 Å². The molecule has 10 heteroatoms. The molecule has 1 fully saturated rings. The second-order valence-corrected chi connectivity index (χ2v) is 9.42. The average Bonchev–Trinajstić information content (AvgIpc) is 3.53. The molecule has 3 rings (SSSR count). The number of carbonyl (C=O) groups excluding carboxylic acids is 2. The van der Waals surface area contributed by atoms with Crippen molar-refractivity contribution < 1.29 is 22.4 Å². The lowest BCUT2D eigenvalue weighted by Gasteiger charge is -2.22. The highest BCUT2D eigenvalue weighted by atomic mass is 32.2. The molecule has 2 aromatic carbocycles. The molecule has 166 valence electrons. The maximum Gasteiger partial charge on any atom is 0.261 e. The smallest absolute Gasteiger partial charge is 0.261 e. The fraction of sp³-hybridized carbons (Fsp3) is 0.333. The Morgan fingerprint density at radius 1 is 1.03 bits per heavy atom. The van der Waals surface area contributed by atoms with Gasteiger partial charge >= 0.3 is 0 Å². The van der Waals surface area contributed by atoms with E-state index in [9.17, 15) is 22.4 Å². The minimum absolute atomic E-state index is 0.00891.